The van der Waals surface area contributed by atoms with Crippen LogP contribution in [0.1, 0.15) is 36.8 Å². The maximum absolute atomic E-state index is 13.2. The number of nitrogens with zero attached hydrogens (tertiary/aromatic N) is 2. The van der Waals surface area contributed by atoms with E-state index in [2.05, 4.69) is 10.6 Å². The summed E-state index contributed by atoms with van der Waals surface area (Å²) in [5.41, 5.74) is 0.968. The van der Waals surface area contributed by atoms with Crippen LogP contribution in [0.2, 0.25) is 0 Å². The van der Waals surface area contributed by atoms with Gasteiger partial charge in [-0.15, -0.1) is 0 Å². The Morgan fingerprint density at radius 3 is 2.75 bits per heavy atom. The summed E-state index contributed by atoms with van der Waals surface area (Å²) in [6.45, 7) is 2.22. The average molecular weight is 384 g/mol. The summed E-state index contributed by atoms with van der Waals surface area (Å²) < 4.78 is 0. The Morgan fingerprint density at radius 2 is 2.00 bits per heavy atom. The highest BCUT2D eigenvalue weighted by Gasteiger charge is 2.55. The zero-order valence-corrected chi connectivity index (χ0v) is 16.4. The highest BCUT2D eigenvalue weighted by Crippen LogP contribution is 2.41. The van der Waals surface area contributed by atoms with Gasteiger partial charge in [0, 0.05) is 13.1 Å². The van der Waals surface area contributed by atoms with Crippen molar-refractivity contribution in [3.8, 4) is 0 Å². The Hall–Kier alpha value is -2.41. The van der Waals surface area contributed by atoms with Gasteiger partial charge in [-0.3, -0.25) is 14.5 Å². The Bertz CT molecular complexity index is 788. The van der Waals surface area contributed by atoms with Crippen LogP contribution in [0.5, 0.6) is 0 Å². The fourth-order valence-electron chi connectivity index (χ4n) is 4.79. The maximum atomic E-state index is 13.2. The fraction of sp³-hybridized carbons (Fsp3) is 0.571. The molecule has 2 N–H and O–H groups in total. The fourth-order valence-corrected chi connectivity index (χ4v) is 4.79. The van der Waals surface area contributed by atoms with Crippen molar-refractivity contribution >= 4 is 17.8 Å². The molecule has 7 heteroatoms. The van der Waals surface area contributed by atoms with Gasteiger partial charge in [-0.2, -0.15) is 0 Å². The van der Waals surface area contributed by atoms with Crippen molar-refractivity contribution in [2.24, 2.45) is 5.92 Å². The van der Waals surface area contributed by atoms with Crippen LogP contribution in [-0.4, -0.2) is 60.9 Å². The summed E-state index contributed by atoms with van der Waals surface area (Å²) in [4.78, 5) is 41.4. The third-order valence-corrected chi connectivity index (χ3v) is 6.49. The molecule has 150 valence electrons. The molecule has 4 amide bonds. The van der Waals surface area contributed by atoms with Gasteiger partial charge in [-0.25, -0.2) is 4.79 Å². The van der Waals surface area contributed by atoms with E-state index in [9.17, 15) is 14.4 Å². The number of imide groups is 1. The van der Waals surface area contributed by atoms with Gasteiger partial charge < -0.3 is 15.5 Å². The highest BCUT2D eigenvalue weighted by atomic mass is 16.2. The highest BCUT2D eigenvalue weighted by molar-refractivity contribution is 6.09. The summed E-state index contributed by atoms with van der Waals surface area (Å²) in [5, 5.41) is 6.05. The molecule has 0 radical (unpaired) electrons. The van der Waals surface area contributed by atoms with Crippen molar-refractivity contribution < 1.29 is 14.4 Å². The number of benzene rings is 1. The predicted octanol–water partition coefficient (Wildman–Crippen LogP) is 1.23. The zero-order valence-electron chi connectivity index (χ0n) is 16.4. The molecule has 7 nitrogen and oxygen atoms in total. The summed E-state index contributed by atoms with van der Waals surface area (Å²) in [6, 6.07) is 7.27. The van der Waals surface area contributed by atoms with Crippen molar-refractivity contribution in [1.82, 2.24) is 20.4 Å². The quantitative estimate of drug-likeness (QED) is 0.748. The molecular weight excluding hydrogens is 356 g/mol. The number of hydrogen-bond acceptors (Lipinski definition) is 4. The minimum atomic E-state index is -0.992. The van der Waals surface area contributed by atoms with Gasteiger partial charge >= 0.3 is 6.03 Å². The number of hydrogen-bond donors (Lipinski definition) is 2. The van der Waals surface area contributed by atoms with Crippen molar-refractivity contribution in [3.05, 3.63) is 35.4 Å². The number of carbonyl (C=O) groups is 3. The van der Waals surface area contributed by atoms with Crippen LogP contribution in [0.3, 0.4) is 0 Å². The third kappa shape index (κ3) is 3.17. The molecule has 2 heterocycles. The van der Waals surface area contributed by atoms with E-state index >= 15 is 0 Å². The lowest BCUT2D eigenvalue weighted by Crippen LogP contribution is -2.47. The molecule has 28 heavy (non-hydrogen) atoms. The molecule has 1 aromatic carbocycles. The van der Waals surface area contributed by atoms with E-state index in [-0.39, 0.29) is 18.4 Å². The van der Waals surface area contributed by atoms with E-state index in [1.54, 1.807) is 4.90 Å². The molecule has 1 aromatic rings. The van der Waals surface area contributed by atoms with Crippen LogP contribution in [0.4, 0.5) is 4.79 Å². The second-order valence-electron chi connectivity index (χ2n) is 8.10. The first-order chi connectivity index (χ1) is 13.5. The average Bonchev–Trinajstić information content (AvgIpc) is 3.20. The SMILES string of the molecule is CNCCC1CCN(C(=O)CN2C(=O)NC3(CCc4ccccc43)C2=O)CC1. The molecule has 0 bridgehead atoms. The van der Waals surface area contributed by atoms with E-state index in [0.717, 1.165) is 48.3 Å². The van der Waals surface area contributed by atoms with Crippen molar-refractivity contribution in [2.75, 3.05) is 33.2 Å². The molecule has 0 aromatic heterocycles. The van der Waals surface area contributed by atoms with Crippen LogP contribution < -0.4 is 10.6 Å². The Balaban J connectivity index is 1.40. The van der Waals surface area contributed by atoms with E-state index in [4.69, 9.17) is 0 Å². The second-order valence-corrected chi connectivity index (χ2v) is 8.10. The minimum absolute atomic E-state index is 0.140. The van der Waals surface area contributed by atoms with E-state index in [1.807, 2.05) is 31.3 Å². The van der Waals surface area contributed by atoms with Crippen LogP contribution in [-0.2, 0) is 21.5 Å². The van der Waals surface area contributed by atoms with E-state index in [1.165, 1.54) is 0 Å². The number of aryl methyl sites for hydroxylation is 1. The molecule has 2 aliphatic heterocycles. The number of piperidine rings is 1. The number of amides is 4. The van der Waals surface area contributed by atoms with Gasteiger partial charge in [0.15, 0.2) is 0 Å². The lowest BCUT2D eigenvalue weighted by molar-refractivity contribution is -0.140. The van der Waals surface area contributed by atoms with Crippen LogP contribution in [0, 0.1) is 5.92 Å². The first kappa shape index (κ1) is 18.9. The topological polar surface area (TPSA) is 81.8 Å². The Morgan fingerprint density at radius 1 is 1.25 bits per heavy atom. The molecule has 1 aliphatic carbocycles. The molecule has 1 spiro atoms. The molecule has 3 aliphatic rings. The number of likely N-dealkylation sites (tertiary alicyclic amines) is 1. The zero-order chi connectivity index (χ0) is 19.7. The lowest BCUT2D eigenvalue weighted by Gasteiger charge is -2.32. The number of fused-ring (bicyclic) bond motifs is 2. The monoisotopic (exact) mass is 384 g/mol. The van der Waals surface area contributed by atoms with E-state index < -0.39 is 11.6 Å². The molecule has 4 rings (SSSR count). The lowest BCUT2D eigenvalue weighted by atomic mass is 9.92. The minimum Gasteiger partial charge on any atom is -0.341 e. The number of nitrogens with one attached hydrogen (secondary N) is 2. The summed E-state index contributed by atoms with van der Waals surface area (Å²) in [6.07, 6.45) is 4.38. The van der Waals surface area contributed by atoms with Gasteiger partial charge in [-0.05, 0) is 62.7 Å². The summed E-state index contributed by atoms with van der Waals surface area (Å²) >= 11 is 0. The Kier molecular flexibility index (Phi) is 5.10. The van der Waals surface area contributed by atoms with Gasteiger partial charge in [0.2, 0.25) is 5.91 Å². The summed E-state index contributed by atoms with van der Waals surface area (Å²) in [7, 11) is 1.95. The molecular formula is C21H28N4O3. The van der Waals surface area contributed by atoms with Crippen molar-refractivity contribution in [2.45, 2.75) is 37.6 Å². The molecule has 0 saturated carbocycles. The number of carbonyl (C=O) groups excluding carboxylic acids is 3. The van der Waals surface area contributed by atoms with Crippen LogP contribution in [0.25, 0.3) is 0 Å². The van der Waals surface area contributed by atoms with Crippen molar-refractivity contribution in [1.29, 1.82) is 0 Å². The number of urea groups is 1. The smallest absolute Gasteiger partial charge is 0.325 e. The third-order valence-electron chi connectivity index (χ3n) is 6.49. The molecule has 2 saturated heterocycles. The Labute approximate surface area is 165 Å². The predicted molar refractivity (Wildman–Crippen MR) is 105 cm³/mol. The van der Waals surface area contributed by atoms with Crippen LogP contribution in [0.15, 0.2) is 24.3 Å². The standard InChI is InChI=1S/C21H28N4O3/c1-22-11-7-15-8-12-24(13-9-15)18(26)14-25-19(27)21(23-20(25)28)10-6-16-4-2-3-5-17(16)21/h2-5,15,22H,6-14H2,1H3,(H,23,28). The largest absolute Gasteiger partial charge is 0.341 e. The van der Waals surface area contributed by atoms with Gasteiger partial charge in [0.05, 0.1) is 0 Å². The summed E-state index contributed by atoms with van der Waals surface area (Å²) in [5.74, 6) is 0.199. The molecule has 2 fully saturated rings. The first-order valence-corrected chi connectivity index (χ1v) is 10.2. The first-order valence-electron chi connectivity index (χ1n) is 10.2. The van der Waals surface area contributed by atoms with Crippen molar-refractivity contribution in [3.63, 3.8) is 0 Å². The second kappa shape index (κ2) is 7.54. The van der Waals surface area contributed by atoms with E-state index in [0.29, 0.717) is 25.4 Å². The molecule has 1 unspecified atom stereocenters. The number of rotatable bonds is 5. The normalized spacial score (nSPS) is 24.8. The molecule has 1 atom stereocenters. The maximum Gasteiger partial charge on any atom is 0.325 e. The van der Waals surface area contributed by atoms with Gasteiger partial charge in [-0.1, -0.05) is 24.3 Å². The van der Waals surface area contributed by atoms with Gasteiger partial charge in [0.1, 0.15) is 12.1 Å². The van der Waals surface area contributed by atoms with Crippen LogP contribution >= 0.6 is 0 Å². The van der Waals surface area contributed by atoms with Gasteiger partial charge in [0.25, 0.3) is 5.91 Å².